The van der Waals surface area contributed by atoms with Crippen LogP contribution in [0.25, 0.3) is 0 Å². The van der Waals surface area contributed by atoms with Gasteiger partial charge in [0.1, 0.15) is 18.0 Å². The maximum atomic E-state index is 13.2. The summed E-state index contributed by atoms with van der Waals surface area (Å²) < 4.78 is 11.2. The van der Waals surface area contributed by atoms with Gasteiger partial charge in [-0.1, -0.05) is 57.2 Å². The van der Waals surface area contributed by atoms with Crippen LogP contribution >= 0.6 is 0 Å². The summed E-state index contributed by atoms with van der Waals surface area (Å²) in [7, 11) is -2.37. The number of ether oxygens (including phenoxy) is 1. The molecule has 39 heavy (non-hydrogen) atoms. The molecule has 2 aromatic carbocycles. The highest BCUT2D eigenvalue weighted by molar-refractivity contribution is 6.75. The van der Waals surface area contributed by atoms with Gasteiger partial charge in [0.25, 0.3) is 8.32 Å². The highest BCUT2D eigenvalue weighted by atomic mass is 28.4. The zero-order valence-electron chi connectivity index (χ0n) is 23.2. The van der Waals surface area contributed by atoms with Crippen LogP contribution in [0.2, 0.25) is 18.1 Å². The summed E-state index contributed by atoms with van der Waals surface area (Å²) in [5, 5.41) is 8.89. The van der Waals surface area contributed by atoms with Crippen LogP contribution in [-0.4, -0.2) is 43.4 Å². The van der Waals surface area contributed by atoms with Crippen LogP contribution < -0.4 is 21.7 Å². The second kappa shape index (κ2) is 13.1. The molecule has 0 aliphatic rings. The highest BCUT2D eigenvalue weighted by Gasteiger charge is 2.41. The molecule has 1 heterocycles. The molecule has 3 rings (SSSR count). The average molecular weight is 551 g/mol. The van der Waals surface area contributed by atoms with Crippen molar-refractivity contribution in [3.05, 3.63) is 71.9 Å². The molecule has 208 valence electrons. The molecule has 11 heteroatoms. The number of amides is 1. The predicted octanol–water partition coefficient (Wildman–Crippen LogP) is 5.69. The smallest absolute Gasteiger partial charge is 0.407 e. The standard InChI is InChI=1S/C28H38N6O4Si/c1-28(2,3)39(4,5)38-25(35)23-18-32-26(33-22-14-9-13-21(29)17-22)34-24(23)30-15-10-16-31-27(36)37-19-20-11-7-6-8-12-20/h6-9,11-14,17-18H,10,15-16,19,29H2,1-5H3,(H,31,36)(H2,30,32,33,34). The lowest BCUT2D eigenvalue weighted by Gasteiger charge is -2.35. The van der Waals surface area contributed by atoms with Gasteiger partial charge >= 0.3 is 12.1 Å². The first kappa shape index (κ1) is 29.4. The van der Waals surface area contributed by atoms with Gasteiger partial charge in [-0.05, 0) is 48.3 Å². The third-order valence-electron chi connectivity index (χ3n) is 6.43. The summed E-state index contributed by atoms with van der Waals surface area (Å²) in [6.07, 6.45) is 1.53. The number of carbonyl (C=O) groups excluding carboxylic acids is 2. The number of alkyl carbamates (subject to hydrolysis) is 1. The van der Waals surface area contributed by atoms with Gasteiger partial charge in [0.05, 0.1) is 0 Å². The number of benzene rings is 2. The van der Waals surface area contributed by atoms with Gasteiger partial charge in [-0.25, -0.2) is 14.6 Å². The van der Waals surface area contributed by atoms with E-state index < -0.39 is 20.4 Å². The number of nitrogens with two attached hydrogens (primary N) is 1. The van der Waals surface area contributed by atoms with Crippen molar-refractivity contribution in [2.75, 3.05) is 29.5 Å². The summed E-state index contributed by atoms with van der Waals surface area (Å²) in [5.74, 6) is 0.170. The third-order valence-corrected chi connectivity index (χ3v) is 10.7. The molecule has 0 spiro atoms. The number of nitrogen functional groups attached to an aromatic ring is 1. The summed E-state index contributed by atoms with van der Waals surface area (Å²) >= 11 is 0. The molecule has 0 aliphatic carbocycles. The molecule has 5 N–H and O–H groups in total. The van der Waals surface area contributed by atoms with Crippen LogP contribution in [0.3, 0.4) is 0 Å². The summed E-state index contributed by atoms with van der Waals surface area (Å²) in [6.45, 7) is 11.2. The first-order valence-electron chi connectivity index (χ1n) is 12.9. The van der Waals surface area contributed by atoms with Gasteiger partial charge in [-0.3, -0.25) is 0 Å². The third kappa shape index (κ3) is 8.99. The van der Waals surface area contributed by atoms with Crippen molar-refractivity contribution in [3.63, 3.8) is 0 Å². The maximum Gasteiger partial charge on any atom is 0.407 e. The van der Waals surface area contributed by atoms with Crippen molar-refractivity contribution in [3.8, 4) is 0 Å². The molecule has 1 amide bonds. The predicted molar refractivity (Wildman–Crippen MR) is 157 cm³/mol. The van der Waals surface area contributed by atoms with Crippen LogP contribution in [0.5, 0.6) is 0 Å². The lowest BCUT2D eigenvalue weighted by Crippen LogP contribution is -2.42. The molecule has 0 bridgehead atoms. The van der Waals surface area contributed by atoms with Gasteiger partial charge in [0, 0.05) is 30.7 Å². The first-order valence-corrected chi connectivity index (χ1v) is 15.8. The summed E-state index contributed by atoms with van der Waals surface area (Å²) in [5.41, 5.74) is 8.35. The Bertz CT molecular complexity index is 1260. The van der Waals surface area contributed by atoms with Gasteiger partial charge in [0.2, 0.25) is 5.95 Å². The first-order chi connectivity index (χ1) is 18.4. The van der Waals surface area contributed by atoms with Crippen molar-refractivity contribution >= 4 is 43.5 Å². The Kier molecular flexibility index (Phi) is 9.88. The number of rotatable bonds is 11. The van der Waals surface area contributed by atoms with E-state index in [9.17, 15) is 9.59 Å². The molecule has 0 radical (unpaired) electrons. The fraction of sp³-hybridized carbons (Fsp3) is 0.357. The second-order valence-corrected chi connectivity index (χ2v) is 15.3. The molecule has 1 aromatic heterocycles. The molecule has 0 saturated carbocycles. The van der Waals surface area contributed by atoms with E-state index in [0.29, 0.717) is 37.0 Å². The summed E-state index contributed by atoms with van der Waals surface area (Å²) in [6, 6.07) is 16.7. The molecule has 0 aliphatic heterocycles. The number of nitrogens with one attached hydrogen (secondary N) is 3. The Morgan fingerprint density at radius 2 is 1.77 bits per heavy atom. The fourth-order valence-electron chi connectivity index (χ4n) is 3.17. The quantitative estimate of drug-likeness (QED) is 0.134. The zero-order chi connectivity index (χ0) is 28.5. The minimum absolute atomic E-state index is 0.146. The van der Waals surface area contributed by atoms with E-state index in [0.717, 1.165) is 11.3 Å². The molecule has 0 atom stereocenters. The fourth-order valence-corrected chi connectivity index (χ4v) is 4.05. The van der Waals surface area contributed by atoms with Crippen LogP contribution in [-0.2, 0) is 15.8 Å². The Hall–Kier alpha value is -4.12. The van der Waals surface area contributed by atoms with Crippen LogP contribution in [0.1, 0.15) is 43.1 Å². The Morgan fingerprint density at radius 3 is 2.46 bits per heavy atom. The van der Waals surface area contributed by atoms with Crippen LogP contribution in [0.15, 0.2) is 60.8 Å². The monoisotopic (exact) mass is 550 g/mol. The topological polar surface area (TPSA) is 140 Å². The molecule has 3 aromatic rings. The Labute approximate surface area is 230 Å². The van der Waals surface area contributed by atoms with E-state index in [4.69, 9.17) is 14.9 Å². The van der Waals surface area contributed by atoms with E-state index in [1.54, 1.807) is 12.1 Å². The van der Waals surface area contributed by atoms with Gasteiger partial charge in [-0.15, -0.1) is 0 Å². The van der Waals surface area contributed by atoms with Crippen molar-refractivity contribution < 1.29 is 18.8 Å². The normalized spacial score (nSPS) is 11.4. The van der Waals surface area contributed by atoms with Gasteiger partial charge < -0.3 is 30.8 Å². The van der Waals surface area contributed by atoms with E-state index in [-0.39, 0.29) is 17.2 Å². The van der Waals surface area contributed by atoms with Crippen LogP contribution in [0.4, 0.5) is 27.9 Å². The lowest BCUT2D eigenvalue weighted by molar-refractivity contribution is 0.0712. The number of anilines is 4. The molecule has 0 fully saturated rings. The molecule has 0 unspecified atom stereocenters. The van der Waals surface area contributed by atoms with Crippen LogP contribution in [0, 0.1) is 0 Å². The zero-order valence-corrected chi connectivity index (χ0v) is 24.2. The second-order valence-electron chi connectivity index (χ2n) is 10.6. The molecular formula is C28H38N6O4Si. The number of hydrogen-bond donors (Lipinski definition) is 4. The van der Waals surface area contributed by atoms with E-state index in [2.05, 4.69) is 46.7 Å². The van der Waals surface area contributed by atoms with E-state index >= 15 is 0 Å². The van der Waals surface area contributed by atoms with Gasteiger partial charge in [-0.2, -0.15) is 4.98 Å². The molecular weight excluding hydrogens is 512 g/mol. The largest absolute Gasteiger partial charge is 0.515 e. The lowest BCUT2D eigenvalue weighted by atomic mass is 10.2. The van der Waals surface area contributed by atoms with Gasteiger partial charge in [0.15, 0.2) is 0 Å². The average Bonchev–Trinajstić information content (AvgIpc) is 2.87. The SMILES string of the molecule is CC(C)(C)[Si](C)(C)OC(=O)c1cnc(Nc2cccc(N)c2)nc1NCCCNC(=O)OCc1ccccc1. The van der Waals surface area contributed by atoms with Crippen molar-refractivity contribution in [2.24, 2.45) is 0 Å². The van der Waals surface area contributed by atoms with Crippen molar-refractivity contribution in [1.29, 1.82) is 0 Å². The Balaban J connectivity index is 1.63. The van der Waals surface area contributed by atoms with Crippen molar-refractivity contribution in [2.45, 2.75) is 51.9 Å². The number of carbonyl (C=O) groups is 2. The maximum absolute atomic E-state index is 13.2. The number of hydrogen-bond acceptors (Lipinski definition) is 9. The minimum atomic E-state index is -2.37. The van der Waals surface area contributed by atoms with Crippen molar-refractivity contribution in [1.82, 2.24) is 15.3 Å². The summed E-state index contributed by atoms with van der Waals surface area (Å²) in [4.78, 5) is 34.1. The minimum Gasteiger partial charge on any atom is -0.515 e. The van der Waals surface area contributed by atoms with E-state index in [1.807, 2.05) is 55.6 Å². The Morgan fingerprint density at radius 1 is 1.03 bits per heavy atom. The number of nitrogens with zero attached hydrogens (tertiary/aromatic N) is 2. The molecule has 10 nitrogen and oxygen atoms in total. The highest BCUT2D eigenvalue weighted by Crippen LogP contribution is 2.37. The number of aromatic nitrogens is 2. The van der Waals surface area contributed by atoms with E-state index in [1.165, 1.54) is 6.20 Å². The molecule has 0 saturated heterocycles.